The second-order valence-electron chi connectivity index (χ2n) is 4.71. The molecule has 3 N–H and O–H groups in total. The maximum atomic E-state index is 11.8. The molecule has 1 amide bonds. The Morgan fingerprint density at radius 1 is 1.09 bits per heavy atom. The summed E-state index contributed by atoms with van der Waals surface area (Å²) in [6.45, 7) is 0.338. The largest absolute Gasteiger partial charge is 0.351 e. The van der Waals surface area contributed by atoms with Crippen LogP contribution in [-0.2, 0) is 21.4 Å². The van der Waals surface area contributed by atoms with Crippen LogP contribution in [0, 0.1) is 0 Å². The molecule has 0 radical (unpaired) electrons. The number of hydrogen-bond acceptors (Lipinski definition) is 4. The number of benzene rings is 2. The maximum Gasteiger partial charge on any atom is 0.238 e. The number of carbonyl (C=O) groups excluding carboxylic acids is 1. The summed E-state index contributed by atoms with van der Waals surface area (Å²) in [7, 11) is -3.69. The zero-order valence-electron chi connectivity index (χ0n) is 12.0. The van der Waals surface area contributed by atoms with E-state index in [1.165, 1.54) is 23.9 Å². The predicted octanol–water partition coefficient (Wildman–Crippen LogP) is 2.50. The van der Waals surface area contributed by atoms with Crippen molar-refractivity contribution in [2.45, 2.75) is 16.3 Å². The SMILES string of the molecule is NS(=O)(=O)c1ccc(CNC(=O)CSc2ccc(Br)cc2)cc1. The van der Waals surface area contributed by atoms with Crippen LogP contribution in [0.5, 0.6) is 0 Å². The third kappa shape index (κ3) is 5.98. The number of primary sulfonamides is 1. The molecule has 2 rings (SSSR count). The molecule has 122 valence electrons. The Labute approximate surface area is 147 Å². The van der Waals surface area contributed by atoms with Crippen LogP contribution >= 0.6 is 27.7 Å². The summed E-state index contributed by atoms with van der Waals surface area (Å²) < 4.78 is 23.3. The summed E-state index contributed by atoms with van der Waals surface area (Å²) in [5.74, 6) is 0.227. The monoisotopic (exact) mass is 414 g/mol. The summed E-state index contributed by atoms with van der Waals surface area (Å²) in [5.41, 5.74) is 0.805. The van der Waals surface area contributed by atoms with Gasteiger partial charge in [0.1, 0.15) is 0 Å². The van der Waals surface area contributed by atoms with Crippen LogP contribution in [0.1, 0.15) is 5.56 Å². The van der Waals surface area contributed by atoms with Gasteiger partial charge in [0.2, 0.25) is 15.9 Å². The molecule has 0 aliphatic carbocycles. The lowest BCUT2D eigenvalue weighted by Crippen LogP contribution is -2.24. The quantitative estimate of drug-likeness (QED) is 0.710. The van der Waals surface area contributed by atoms with Gasteiger partial charge >= 0.3 is 0 Å². The third-order valence-electron chi connectivity index (χ3n) is 2.93. The number of halogens is 1. The van der Waals surface area contributed by atoms with Gasteiger partial charge in [-0.1, -0.05) is 28.1 Å². The van der Waals surface area contributed by atoms with Crippen LogP contribution in [-0.4, -0.2) is 20.1 Å². The first-order valence-electron chi connectivity index (χ1n) is 6.61. The fraction of sp³-hybridized carbons (Fsp3) is 0.133. The highest BCUT2D eigenvalue weighted by Crippen LogP contribution is 2.20. The highest BCUT2D eigenvalue weighted by Gasteiger charge is 2.07. The van der Waals surface area contributed by atoms with Crippen LogP contribution in [0.4, 0.5) is 0 Å². The van der Waals surface area contributed by atoms with E-state index in [9.17, 15) is 13.2 Å². The van der Waals surface area contributed by atoms with Crippen molar-refractivity contribution < 1.29 is 13.2 Å². The first-order chi connectivity index (χ1) is 10.8. The molecule has 0 aliphatic rings. The van der Waals surface area contributed by atoms with Crippen LogP contribution in [0.3, 0.4) is 0 Å². The van der Waals surface area contributed by atoms with Crippen molar-refractivity contribution in [3.63, 3.8) is 0 Å². The van der Waals surface area contributed by atoms with Crippen molar-refractivity contribution in [1.82, 2.24) is 5.32 Å². The number of rotatable bonds is 6. The van der Waals surface area contributed by atoms with Gasteiger partial charge in [-0.3, -0.25) is 4.79 Å². The molecule has 0 atom stereocenters. The number of hydrogen-bond donors (Lipinski definition) is 2. The van der Waals surface area contributed by atoms with Gasteiger partial charge in [-0.25, -0.2) is 13.6 Å². The van der Waals surface area contributed by atoms with Crippen LogP contribution < -0.4 is 10.5 Å². The van der Waals surface area contributed by atoms with E-state index in [0.29, 0.717) is 12.3 Å². The molecule has 2 aromatic carbocycles. The Kier molecular flexibility index (Phi) is 6.23. The molecule has 0 heterocycles. The van der Waals surface area contributed by atoms with Gasteiger partial charge < -0.3 is 5.32 Å². The molecule has 0 saturated carbocycles. The lowest BCUT2D eigenvalue weighted by Gasteiger charge is -2.06. The second kappa shape index (κ2) is 7.96. The van der Waals surface area contributed by atoms with E-state index in [-0.39, 0.29) is 10.8 Å². The molecule has 0 spiro atoms. The predicted molar refractivity (Wildman–Crippen MR) is 94.5 cm³/mol. The summed E-state index contributed by atoms with van der Waals surface area (Å²) >= 11 is 4.81. The number of thioether (sulfide) groups is 1. The Bertz CT molecular complexity index is 775. The van der Waals surface area contributed by atoms with E-state index in [4.69, 9.17) is 5.14 Å². The highest BCUT2D eigenvalue weighted by atomic mass is 79.9. The Morgan fingerprint density at radius 2 is 1.70 bits per heavy atom. The van der Waals surface area contributed by atoms with Gasteiger partial charge in [0, 0.05) is 15.9 Å². The molecule has 0 aromatic heterocycles. The first kappa shape index (κ1) is 18.0. The minimum absolute atomic E-state index is 0.0540. The number of amides is 1. The molecule has 0 unspecified atom stereocenters. The van der Waals surface area contributed by atoms with Crippen LogP contribution in [0.15, 0.2) is 62.8 Å². The van der Waals surface area contributed by atoms with Gasteiger partial charge in [0.05, 0.1) is 10.6 Å². The Hall–Kier alpha value is -1.35. The average molecular weight is 415 g/mol. The normalized spacial score (nSPS) is 11.2. The summed E-state index contributed by atoms with van der Waals surface area (Å²) in [6.07, 6.45) is 0. The van der Waals surface area contributed by atoms with E-state index in [2.05, 4.69) is 21.2 Å². The second-order valence-corrected chi connectivity index (χ2v) is 8.23. The summed E-state index contributed by atoms with van der Waals surface area (Å²) in [5, 5.41) is 7.82. The van der Waals surface area contributed by atoms with Crippen LogP contribution in [0.25, 0.3) is 0 Å². The minimum atomic E-state index is -3.69. The number of carbonyl (C=O) groups is 1. The van der Waals surface area contributed by atoms with E-state index >= 15 is 0 Å². The average Bonchev–Trinajstić information content (AvgIpc) is 2.52. The minimum Gasteiger partial charge on any atom is -0.351 e. The molecule has 0 fully saturated rings. The number of nitrogens with two attached hydrogens (primary N) is 1. The molecular weight excluding hydrogens is 400 g/mol. The van der Waals surface area contributed by atoms with E-state index < -0.39 is 10.0 Å². The zero-order valence-corrected chi connectivity index (χ0v) is 15.2. The molecule has 0 bridgehead atoms. The standard InChI is InChI=1S/C15H15BrN2O3S2/c16-12-3-5-13(6-4-12)22-10-15(19)18-9-11-1-7-14(8-2-11)23(17,20)21/h1-8H,9-10H2,(H,18,19)(H2,17,20,21). The lowest BCUT2D eigenvalue weighted by molar-refractivity contribution is -0.118. The molecule has 5 nitrogen and oxygen atoms in total. The van der Waals surface area contributed by atoms with Crippen molar-refractivity contribution in [1.29, 1.82) is 0 Å². The van der Waals surface area contributed by atoms with E-state index in [1.54, 1.807) is 12.1 Å². The Morgan fingerprint density at radius 3 is 2.26 bits per heavy atom. The van der Waals surface area contributed by atoms with Gasteiger partial charge in [-0.2, -0.15) is 0 Å². The highest BCUT2D eigenvalue weighted by molar-refractivity contribution is 9.10. The maximum absolute atomic E-state index is 11.8. The smallest absolute Gasteiger partial charge is 0.238 e. The fourth-order valence-electron chi connectivity index (χ4n) is 1.73. The van der Waals surface area contributed by atoms with E-state index in [1.807, 2.05) is 24.3 Å². The fourth-order valence-corrected chi connectivity index (χ4v) is 3.24. The molecule has 0 aliphatic heterocycles. The summed E-state index contributed by atoms with van der Waals surface area (Å²) in [6, 6.07) is 13.8. The topological polar surface area (TPSA) is 89.3 Å². The van der Waals surface area contributed by atoms with Crippen LogP contribution in [0.2, 0.25) is 0 Å². The molecule has 2 aromatic rings. The van der Waals surface area contributed by atoms with Gasteiger partial charge in [0.25, 0.3) is 0 Å². The van der Waals surface area contributed by atoms with Crippen molar-refractivity contribution in [3.05, 3.63) is 58.6 Å². The van der Waals surface area contributed by atoms with Crippen molar-refractivity contribution >= 4 is 43.6 Å². The third-order valence-corrected chi connectivity index (χ3v) is 5.40. The van der Waals surface area contributed by atoms with Gasteiger partial charge in [0.15, 0.2) is 0 Å². The van der Waals surface area contributed by atoms with Gasteiger partial charge in [-0.15, -0.1) is 11.8 Å². The molecular formula is C15H15BrN2O3S2. The first-order valence-corrected chi connectivity index (χ1v) is 9.94. The van der Waals surface area contributed by atoms with E-state index in [0.717, 1.165) is 14.9 Å². The van der Waals surface area contributed by atoms with Crippen molar-refractivity contribution in [2.24, 2.45) is 5.14 Å². The molecule has 8 heteroatoms. The number of sulfonamides is 1. The molecule has 23 heavy (non-hydrogen) atoms. The summed E-state index contributed by atoms with van der Waals surface area (Å²) in [4.78, 5) is 12.9. The number of nitrogens with one attached hydrogen (secondary N) is 1. The van der Waals surface area contributed by atoms with Crippen molar-refractivity contribution in [2.75, 3.05) is 5.75 Å². The Balaban J connectivity index is 1.81. The molecule has 0 saturated heterocycles. The lowest BCUT2D eigenvalue weighted by atomic mass is 10.2. The zero-order chi connectivity index (χ0) is 16.9. The van der Waals surface area contributed by atoms with Crippen molar-refractivity contribution in [3.8, 4) is 0 Å². The van der Waals surface area contributed by atoms with Gasteiger partial charge in [-0.05, 0) is 42.0 Å².